The molecule has 0 unspecified atom stereocenters. The van der Waals surface area contributed by atoms with Crippen molar-refractivity contribution in [3.8, 4) is 16.9 Å². The largest absolute Gasteiger partial charge is 0.491 e. The van der Waals surface area contributed by atoms with E-state index in [2.05, 4.69) is 28.2 Å². The summed E-state index contributed by atoms with van der Waals surface area (Å²) in [6.07, 6.45) is 6.27. The minimum atomic E-state index is -0.430. The van der Waals surface area contributed by atoms with Gasteiger partial charge in [-0.15, -0.1) is 23.5 Å². The number of carbonyl (C=O) groups excluding carboxylic acids is 1. The number of hydrogen-bond donors (Lipinski definition) is 1. The lowest BCUT2D eigenvalue weighted by atomic mass is 9.95. The molecule has 3 aromatic heterocycles. The maximum Gasteiger partial charge on any atom is 0.354 e. The Morgan fingerprint density at radius 1 is 1.00 bits per heavy atom. The highest BCUT2D eigenvalue weighted by molar-refractivity contribution is 7.98. The van der Waals surface area contributed by atoms with Crippen LogP contribution in [0.15, 0.2) is 35.2 Å². The van der Waals surface area contributed by atoms with E-state index in [1.165, 1.54) is 17.6 Å². The van der Waals surface area contributed by atoms with Gasteiger partial charge in [-0.3, -0.25) is 9.36 Å². The summed E-state index contributed by atoms with van der Waals surface area (Å²) in [5, 5.41) is 14.3. The molecule has 0 atom stereocenters. The number of nitrogens with one attached hydrogen (secondary N) is 1. The number of nitrogens with zero attached hydrogens (tertiary/aromatic N) is 5. The van der Waals surface area contributed by atoms with Crippen molar-refractivity contribution < 1.29 is 18.7 Å². The van der Waals surface area contributed by atoms with Crippen molar-refractivity contribution in [2.75, 3.05) is 25.6 Å². The molecule has 8 rings (SSSR count). The molecule has 2 aromatic carbocycles. The van der Waals surface area contributed by atoms with Gasteiger partial charge in [-0.25, -0.2) is 9.18 Å². The summed E-state index contributed by atoms with van der Waals surface area (Å²) in [5.41, 5.74) is 9.87. The van der Waals surface area contributed by atoms with Crippen molar-refractivity contribution in [3.05, 3.63) is 75.7 Å². The topological polar surface area (TPSA) is 88.1 Å². The first-order valence-electron chi connectivity index (χ1n) is 17.1. The highest BCUT2D eigenvalue weighted by Crippen LogP contribution is 2.42. The smallest absolute Gasteiger partial charge is 0.354 e. The monoisotopic (exact) mass is 700 g/mol. The van der Waals surface area contributed by atoms with E-state index in [4.69, 9.17) is 19.7 Å². The van der Waals surface area contributed by atoms with Gasteiger partial charge in [0.2, 0.25) is 0 Å². The van der Waals surface area contributed by atoms with Crippen LogP contribution in [0.2, 0.25) is 0 Å². The van der Waals surface area contributed by atoms with Crippen LogP contribution in [0.3, 0.4) is 0 Å². The van der Waals surface area contributed by atoms with Crippen LogP contribution in [0.4, 0.5) is 10.1 Å². The zero-order valence-corrected chi connectivity index (χ0v) is 29.9. The van der Waals surface area contributed by atoms with Gasteiger partial charge >= 0.3 is 5.97 Å². The summed E-state index contributed by atoms with van der Waals surface area (Å²) in [4.78, 5) is 14.5. The van der Waals surface area contributed by atoms with E-state index in [1.54, 1.807) is 29.6 Å². The molecule has 49 heavy (non-hydrogen) atoms. The summed E-state index contributed by atoms with van der Waals surface area (Å²) < 4.78 is 34.0. The lowest BCUT2D eigenvalue weighted by Crippen LogP contribution is -2.14. The number of methoxy groups -OCH3 is 1. The fraction of sp³-hybridized carbons (Fsp3) is 0.432. The maximum absolute atomic E-state index is 16.3. The summed E-state index contributed by atoms with van der Waals surface area (Å²) >= 11 is 3.55. The summed E-state index contributed by atoms with van der Waals surface area (Å²) in [6, 6.07) is 10.00. The standard InChI is InChI=1S/C37H41FN6O3S2/c1-42-35-27-11-12-28(38)32(35)33-29(41-44-14-5-4-10-30(33)44)21-48-19-23-17-24(43(2)40-23)20-49-25-16-22-8-6-13-39-34(22)31(18-25)47-15-7-9-26(27)36(42)37(45)46-3/h11-12,16-18,39H,4-10,13-15,19-21H2,1-3H3. The van der Waals surface area contributed by atoms with E-state index in [-0.39, 0.29) is 5.82 Å². The number of esters is 1. The van der Waals surface area contributed by atoms with E-state index < -0.39 is 5.97 Å². The molecule has 3 aliphatic heterocycles. The average Bonchev–Trinajstić information content (AvgIpc) is 3.75. The first kappa shape index (κ1) is 32.3. The highest BCUT2D eigenvalue weighted by atomic mass is 32.2. The summed E-state index contributed by atoms with van der Waals surface area (Å²) in [6.45, 7) is 2.21. The third-order valence-corrected chi connectivity index (χ3v) is 12.0. The van der Waals surface area contributed by atoms with Gasteiger partial charge in [0.25, 0.3) is 0 Å². The van der Waals surface area contributed by atoms with Gasteiger partial charge in [0.15, 0.2) is 0 Å². The van der Waals surface area contributed by atoms with Crippen LogP contribution < -0.4 is 10.1 Å². The number of aromatic nitrogens is 5. The van der Waals surface area contributed by atoms with Gasteiger partial charge in [-0.2, -0.15) is 10.2 Å². The van der Waals surface area contributed by atoms with Gasteiger partial charge in [-0.1, -0.05) is 0 Å². The van der Waals surface area contributed by atoms with Gasteiger partial charge < -0.3 is 19.4 Å². The van der Waals surface area contributed by atoms with Crippen LogP contribution in [0.5, 0.6) is 5.75 Å². The minimum absolute atomic E-state index is 0.311. The van der Waals surface area contributed by atoms with E-state index in [0.717, 1.165) is 107 Å². The quantitative estimate of drug-likeness (QED) is 0.181. The molecule has 3 aliphatic rings. The van der Waals surface area contributed by atoms with Gasteiger partial charge in [0.1, 0.15) is 17.3 Å². The summed E-state index contributed by atoms with van der Waals surface area (Å²) in [5.74, 6) is 2.26. The zero-order chi connectivity index (χ0) is 33.6. The Kier molecular flexibility index (Phi) is 8.86. The van der Waals surface area contributed by atoms with Crippen molar-refractivity contribution in [3.63, 3.8) is 0 Å². The van der Waals surface area contributed by atoms with Gasteiger partial charge in [0, 0.05) is 77.2 Å². The fourth-order valence-electron chi connectivity index (χ4n) is 7.73. The molecule has 6 heterocycles. The van der Waals surface area contributed by atoms with Crippen LogP contribution in [0.1, 0.15) is 70.1 Å². The van der Waals surface area contributed by atoms with Crippen LogP contribution in [0.25, 0.3) is 22.0 Å². The second kappa shape index (κ2) is 13.4. The Bertz CT molecular complexity index is 2080. The molecule has 0 amide bonds. The molecule has 9 nitrogen and oxygen atoms in total. The molecule has 1 N–H and O–H groups in total. The molecule has 0 aliphatic carbocycles. The molecular formula is C37H41FN6O3S2. The molecule has 0 saturated heterocycles. The SMILES string of the molecule is COC(=O)c1c2c3ccc(F)c(c3n1C)-c1c(nn3c1CCCC3)CSCc1cc(n(C)n1)CSc1cc3c(c(c1)OCCC2)NCCC3. The first-order chi connectivity index (χ1) is 23.9. The van der Waals surface area contributed by atoms with Gasteiger partial charge in [-0.05, 0) is 86.4 Å². The van der Waals surface area contributed by atoms with E-state index in [0.29, 0.717) is 42.0 Å². The van der Waals surface area contributed by atoms with E-state index in [9.17, 15) is 4.79 Å². The number of carbonyl (C=O) groups is 1. The molecule has 0 saturated carbocycles. The number of anilines is 1. The van der Waals surface area contributed by atoms with Crippen molar-refractivity contribution in [1.29, 1.82) is 0 Å². The first-order valence-corrected chi connectivity index (χ1v) is 19.3. The Balaban J connectivity index is 1.26. The minimum Gasteiger partial charge on any atom is -0.491 e. The molecule has 8 bridgehead atoms. The van der Waals surface area contributed by atoms with E-state index in [1.807, 2.05) is 29.4 Å². The number of thioether (sulfide) groups is 2. The van der Waals surface area contributed by atoms with Crippen LogP contribution in [0, 0.1) is 5.82 Å². The average molecular weight is 701 g/mol. The van der Waals surface area contributed by atoms with Crippen LogP contribution >= 0.6 is 23.5 Å². The Labute approximate surface area is 293 Å². The second-order valence-electron chi connectivity index (χ2n) is 13.1. The Hall–Kier alpha value is -3.90. The summed E-state index contributed by atoms with van der Waals surface area (Å²) in [7, 11) is 5.26. The normalized spacial score (nSPS) is 16.6. The predicted molar refractivity (Wildman–Crippen MR) is 193 cm³/mol. The molecule has 0 radical (unpaired) electrons. The molecular weight excluding hydrogens is 660 g/mol. The molecule has 256 valence electrons. The van der Waals surface area contributed by atoms with Crippen molar-refractivity contribution in [2.24, 2.45) is 14.1 Å². The molecule has 0 fully saturated rings. The van der Waals surface area contributed by atoms with Crippen molar-refractivity contribution >= 4 is 46.1 Å². The molecule has 0 spiro atoms. The second-order valence-corrected chi connectivity index (χ2v) is 15.1. The van der Waals surface area contributed by atoms with Gasteiger partial charge in [0.05, 0.1) is 36.3 Å². The van der Waals surface area contributed by atoms with Crippen molar-refractivity contribution in [1.82, 2.24) is 24.1 Å². The van der Waals surface area contributed by atoms with Crippen molar-refractivity contribution in [2.45, 2.75) is 73.6 Å². The number of aryl methyl sites for hydroxylation is 5. The number of ether oxygens (including phenoxy) is 2. The third-order valence-electron chi connectivity index (χ3n) is 10.0. The zero-order valence-electron chi connectivity index (χ0n) is 28.2. The Morgan fingerprint density at radius 2 is 1.90 bits per heavy atom. The number of benzene rings is 2. The molecule has 12 heteroatoms. The lowest BCUT2D eigenvalue weighted by Gasteiger charge is -2.22. The molecule has 5 aromatic rings. The number of hydrogen-bond acceptors (Lipinski definition) is 8. The maximum atomic E-state index is 16.3. The highest BCUT2D eigenvalue weighted by Gasteiger charge is 2.30. The predicted octanol–water partition coefficient (Wildman–Crippen LogP) is 7.45. The number of fused-ring (bicyclic) bond motifs is 10. The Morgan fingerprint density at radius 3 is 2.78 bits per heavy atom. The van der Waals surface area contributed by atoms with Crippen LogP contribution in [-0.2, 0) is 61.9 Å². The van der Waals surface area contributed by atoms with E-state index >= 15 is 4.39 Å². The lowest BCUT2D eigenvalue weighted by molar-refractivity contribution is 0.0589. The number of halogens is 1. The third kappa shape index (κ3) is 5.90. The van der Waals surface area contributed by atoms with Crippen LogP contribution in [-0.4, -0.2) is 50.4 Å². The number of rotatable bonds is 1. The fourth-order valence-corrected chi connectivity index (χ4v) is 9.58.